The van der Waals surface area contributed by atoms with Crippen molar-refractivity contribution in [3.63, 3.8) is 0 Å². The molecule has 1 fully saturated rings. The van der Waals surface area contributed by atoms with Crippen molar-refractivity contribution < 1.29 is 19.1 Å². The molecule has 0 saturated carbocycles. The largest absolute Gasteiger partial charge is 0.480 e. The Kier molecular flexibility index (Phi) is 5.46. The van der Waals surface area contributed by atoms with Gasteiger partial charge in [0.25, 0.3) is 5.91 Å². The van der Waals surface area contributed by atoms with E-state index in [0.717, 1.165) is 11.8 Å². The molecule has 1 unspecified atom stereocenters. The van der Waals surface area contributed by atoms with E-state index in [-0.39, 0.29) is 10.2 Å². The van der Waals surface area contributed by atoms with Crippen LogP contribution >= 0.6 is 39.9 Å². The number of thiocarbonyl (C=S) groups is 1. The van der Waals surface area contributed by atoms with E-state index in [0.29, 0.717) is 21.8 Å². The maximum absolute atomic E-state index is 12.5. The summed E-state index contributed by atoms with van der Waals surface area (Å²) in [5, 5.41) is 9.39. The van der Waals surface area contributed by atoms with Gasteiger partial charge in [0.05, 0.1) is 4.91 Å². The van der Waals surface area contributed by atoms with Crippen molar-refractivity contribution >= 4 is 62.2 Å². The lowest BCUT2D eigenvalue weighted by atomic mass is 10.0. The first-order chi connectivity index (χ1) is 10.3. The number of nitrogens with zero attached hydrogens (tertiary/aromatic N) is 1. The Balaban J connectivity index is 2.27. The molecule has 1 atom stereocenters. The lowest BCUT2D eigenvalue weighted by molar-refractivity contribution is -0.145. The highest BCUT2D eigenvalue weighted by Gasteiger charge is 2.40. The first-order valence-electron chi connectivity index (χ1n) is 6.54. The topological polar surface area (TPSA) is 70.8 Å². The number of halogens is 1. The minimum Gasteiger partial charge on any atom is -0.480 e. The Labute approximate surface area is 145 Å². The molecule has 0 aliphatic carbocycles. The van der Waals surface area contributed by atoms with Gasteiger partial charge in [-0.05, 0) is 40.4 Å². The zero-order valence-corrected chi connectivity index (χ0v) is 15.1. The zero-order valence-electron chi connectivity index (χ0n) is 11.9. The summed E-state index contributed by atoms with van der Waals surface area (Å²) in [6.45, 7) is 3.81. The molecule has 0 bridgehead atoms. The molecule has 0 spiro atoms. The SMILES string of the molecule is CC(C)CC(C(=O)O)N1C(=O)/C(=C\c2ccc(Br)o2)SC1=S. The molecular weight excluding hydrogens is 390 g/mol. The number of rotatable bonds is 5. The number of carboxylic acid groups (broad SMARTS) is 1. The first kappa shape index (κ1) is 17.2. The average molecular weight is 404 g/mol. The van der Waals surface area contributed by atoms with Gasteiger partial charge < -0.3 is 9.52 Å². The van der Waals surface area contributed by atoms with Crippen LogP contribution < -0.4 is 0 Å². The van der Waals surface area contributed by atoms with Crippen molar-refractivity contribution in [3.05, 3.63) is 27.5 Å². The van der Waals surface area contributed by atoms with E-state index >= 15 is 0 Å². The second-order valence-electron chi connectivity index (χ2n) is 5.18. The van der Waals surface area contributed by atoms with Crippen LogP contribution in [0.1, 0.15) is 26.0 Å². The number of carboxylic acids is 1. The molecule has 1 aliphatic heterocycles. The van der Waals surface area contributed by atoms with Gasteiger partial charge in [-0.25, -0.2) is 4.79 Å². The molecule has 1 aromatic rings. The summed E-state index contributed by atoms with van der Waals surface area (Å²) < 4.78 is 6.15. The average Bonchev–Trinajstić information content (AvgIpc) is 2.92. The molecule has 0 aromatic carbocycles. The molecule has 2 heterocycles. The van der Waals surface area contributed by atoms with E-state index in [2.05, 4.69) is 15.9 Å². The standard InChI is InChI=1S/C14H14BrNO4S2/c1-7(2)5-9(13(18)19)16-12(17)10(22-14(16)21)6-8-3-4-11(15)20-8/h3-4,6-7,9H,5H2,1-2H3,(H,18,19)/b10-6+. The van der Waals surface area contributed by atoms with Crippen molar-refractivity contribution in [1.29, 1.82) is 0 Å². The van der Waals surface area contributed by atoms with Gasteiger partial charge in [-0.15, -0.1) is 0 Å². The Hall–Kier alpha value is -1.12. The molecule has 1 N–H and O–H groups in total. The van der Waals surface area contributed by atoms with Crippen LogP contribution in [0.15, 0.2) is 26.1 Å². The Bertz CT molecular complexity index is 653. The lowest BCUT2D eigenvalue weighted by Crippen LogP contribution is -2.44. The number of amides is 1. The third-order valence-corrected chi connectivity index (χ3v) is 4.74. The quantitative estimate of drug-likeness (QED) is 0.596. The summed E-state index contributed by atoms with van der Waals surface area (Å²) in [4.78, 5) is 25.5. The molecule has 1 amide bonds. The zero-order chi connectivity index (χ0) is 16.4. The van der Waals surface area contributed by atoms with Gasteiger partial charge >= 0.3 is 5.97 Å². The summed E-state index contributed by atoms with van der Waals surface area (Å²) in [6.07, 6.45) is 1.92. The van der Waals surface area contributed by atoms with Gasteiger partial charge in [-0.3, -0.25) is 9.69 Å². The summed E-state index contributed by atoms with van der Waals surface area (Å²) in [6, 6.07) is 2.48. The van der Waals surface area contributed by atoms with Crippen LogP contribution in [-0.4, -0.2) is 32.2 Å². The fraction of sp³-hybridized carbons (Fsp3) is 0.357. The van der Waals surface area contributed by atoms with Crippen molar-refractivity contribution in [2.45, 2.75) is 26.3 Å². The van der Waals surface area contributed by atoms with Gasteiger partial charge in [0.2, 0.25) is 0 Å². The molecule has 8 heteroatoms. The summed E-state index contributed by atoms with van der Waals surface area (Å²) >= 11 is 9.47. The second-order valence-corrected chi connectivity index (χ2v) is 7.63. The van der Waals surface area contributed by atoms with E-state index < -0.39 is 17.9 Å². The summed E-state index contributed by atoms with van der Waals surface area (Å²) in [7, 11) is 0. The number of hydrogen-bond acceptors (Lipinski definition) is 5. The van der Waals surface area contributed by atoms with Crippen molar-refractivity contribution in [2.75, 3.05) is 0 Å². The lowest BCUT2D eigenvalue weighted by Gasteiger charge is -2.24. The number of hydrogen-bond donors (Lipinski definition) is 1. The number of carbonyl (C=O) groups is 2. The molecule has 1 saturated heterocycles. The Morgan fingerprint density at radius 2 is 2.23 bits per heavy atom. The third-order valence-electron chi connectivity index (χ3n) is 2.98. The van der Waals surface area contributed by atoms with Gasteiger partial charge in [-0.1, -0.05) is 37.8 Å². The number of aliphatic carboxylic acids is 1. The van der Waals surface area contributed by atoms with Gasteiger partial charge in [0, 0.05) is 6.08 Å². The van der Waals surface area contributed by atoms with Crippen LogP contribution in [-0.2, 0) is 9.59 Å². The molecule has 118 valence electrons. The van der Waals surface area contributed by atoms with Crippen molar-refractivity contribution in [3.8, 4) is 0 Å². The van der Waals surface area contributed by atoms with Crippen LogP contribution in [0.3, 0.4) is 0 Å². The summed E-state index contributed by atoms with van der Waals surface area (Å²) in [5.74, 6) is -0.804. The molecular formula is C14H14BrNO4S2. The van der Waals surface area contributed by atoms with E-state index in [1.165, 1.54) is 4.90 Å². The van der Waals surface area contributed by atoms with Crippen molar-refractivity contribution in [1.82, 2.24) is 4.90 Å². The monoisotopic (exact) mass is 403 g/mol. The van der Waals surface area contributed by atoms with E-state index in [4.69, 9.17) is 16.6 Å². The van der Waals surface area contributed by atoms with Crippen LogP contribution in [0, 0.1) is 5.92 Å². The van der Waals surface area contributed by atoms with E-state index in [1.807, 2.05) is 13.8 Å². The predicted octanol–water partition coefficient (Wildman–Crippen LogP) is 3.74. The van der Waals surface area contributed by atoms with Crippen LogP contribution in [0.5, 0.6) is 0 Å². The minimum atomic E-state index is -1.05. The van der Waals surface area contributed by atoms with Crippen LogP contribution in [0.25, 0.3) is 6.08 Å². The number of thioether (sulfide) groups is 1. The number of furan rings is 1. The first-order valence-corrected chi connectivity index (χ1v) is 8.56. The van der Waals surface area contributed by atoms with Crippen LogP contribution in [0.2, 0.25) is 0 Å². The molecule has 1 aromatic heterocycles. The third kappa shape index (κ3) is 3.80. The molecule has 22 heavy (non-hydrogen) atoms. The molecule has 1 aliphatic rings. The van der Waals surface area contributed by atoms with Gasteiger partial charge in [0.1, 0.15) is 16.1 Å². The predicted molar refractivity (Wildman–Crippen MR) is 92.3 cm³/mol. The normalized spacial score (nSPS) is 18.5. The van der Waals surface area contributed by atoms with Crippen molar-refractivity contribution in [2.24, 2.45) is 5.92 Å². The molecule has 5 nitrogen and oxygen atoms in total. The minimum absolute atomic E-state index is 0.135. The fourth-order valence-corrected chi connectivity index (χ4v) is 3.70. The summed E-state index contributed by atoms with van der Waals surface area (Å²) in [5.41, 5.74) is 0. The molecule has 2 rings (SSSR count). The smallest absolute Gasteiger partial charge is 0.326 e. The van der Waals surface area contributed by atoms with Gasteiger partial charge in [-0.2, -0.15) is 0 Å². The highest BCUT2D eigenvalue weighted by atomic mass is 79.9. The van der Waals surface area contributed by atoms with Crippen LogP contribution in [0.4, 0.5) is 0 Å². The van der Waals surface area contributed by atoms with E-state index in [1.54, 1.807) is 18.2 Å². The van der Waals surface area contributed by atoms with E-state index in [9.17, 15) is 14.7 Å². The maximum atomic E-state index is 12.5. The highest BCUT2D eigenvalue weighted by molar-refractivity contribution is 9.10. The van der Waals surface area contributed by atoms with Gasteiger partial charge in [0.15, 0.2) is 4.67 Å². The Morgan fingerprint density at radius 3 is 2.73 bits per heavy atom. The highest BCUT2D eigenvalue weighted by Crippen LogP contribution is 2.35. The molecule has 0 radical (unpaired) electrons. The fourth-order valence-electron chi connectivity index (χ4n) is 2.05. The number of carbonyl (C=O) groups excluding carboxylic acids is 1. The maximum Gasteiger partial charge on any atom is 0.326 e. The second kappa shape index (κ2) is 6.97. The Morgan fingerprint density at radius 1 is 1.55 bits per heavy atom.